The molecule has 0 atom stereocenters. The lowest BCUT2D eigenvalue weighted by Gasteiger charge is -2.07. The van der Waals surface area contributed by atoms with Crippen molar-refractivity contribution in [2.45, 2.75) is 5.75 Å². The lowest BCUT2D eigenvalue weighted by Crippen LogP contribution is -2.15. The van der Waals surface area contributed by atoms with Gasteiger partial charge in [0.15, 0.2) is 0 Å². The Hall–Kier alpha value is -1.53. The van der Waals surface area contributed by atoms with Crippen molar-refractivity contribution in [1.29, 1.82) is 0 Å². The number of methoxy groups -OCH3 is 1. The lowest BCUT2D eigenvalue weighted by atomic mass is 10.2. The number of anilines is 1. The fraction of sp³-hybridized carbons (Fsp3) is 0.188. The molecule has 0 aliphatic carbocycles. The van der Waals surface area contributed by atoms with Gasteiger partial charge in [-0.2, -0.15) is 0 Å². The molecular weight excluding hydrogens is 369 g/mol. The minimum Gasteiger partial charge on any atom is -0.496 e. The molecule has 2 aromatic rings. The molecule has 3 nitrogen and oxygen atoms in total. The second-order valence-electron chi connectivity index (χ2n) is 4.49. The smallest absolute Gasteiger partial charge is 0.234 e. The molecule has 22 heavy (non-hydrogen) atoms. The van der Waals surface area contributed by atoms with E-state index < -0.39 is 5.82 Å². The van der Waals surface area contributed by atoms with Gasteiger partial charge < -0.3 is 10.1 Å². The van der Waals surface area contributed by atoms with E-state index in [4.69, 9.17) is 4.74 Å². The molecule has 2 rings (SSSR count). The molecule has 0 saturated carbocycles. The third-order valence-corrected chi connectivity index (χ3v) is 4.49. The summed E-state index contributed by atoms with van der Waals surface area (Å²) in [6.45, 7) is 0. The van der Waals surface area contributed by atoms with Crippen molar-refractivity contribution < 1.29 is 13.9 Å². The highest BCUT2D eigenvalue weighted by Gasteiger charge is 2.07. The number of benzene rings is 2. The molecule has 6 heteroatoms. The van der Waals surface area contributed by atoms with E-state index in [0.29, 0.717) is 5.75 Å². The van der Waals surface area contributed by atoms with Crippen molar-refractivity contribution >= 4 is 39.3 Å². The van der Waals surface area contributed by atoms with Gasteiger partial charge in [-0.1, -0.05) is 18.2 Å². The van der Waals surface area contributed by atoms with E-state index in [1.54, 1.807) is 25.3 Å². The largest absolute Gasteiger partial charge is 0.496 e. The van der Waals surface area contributed by atoms with Crippen molar-refractivity contribution in [1.82, 2.24) is 0 Å². The average Bonchev–Trinajstić information content (AvgIpc) is 2.50. The van der Waals surface area contributed by atoms with Gasteiger partial charge in [-0.25, -0.2) is 4.39 Å². The summed E-state index contributed by atoms with van der Waals surface area (Å²) < 4.78 is 19.5. The van der Waals surface area contributed by atoms with Gasteiger partial charge in [-0.05, 0) is 45.8 Å². The number of carbonyl (C=O) groups is 1. The van der Waals surface area contributed by atoms with Crippen LogP contribution in [0, 0.1) is 5.82 Å². The molecular formula is C16H15BrFNO2S. The third kappa shape index (κ3) is 4.74. The molecule has 0 unspecified atom stereocenters. The Bertz CT molecular complexity index is 666. The zero-order valence-electron chi connectivity index (χ0n) is 11.9. The minimum atomic E-state index is -0.431. The molecule has 0 aliphatic rings. The normalized spacial score (nSPS) is 10.3. The highest BCUT2D eigenvalue weighted by Crippen LogP contribution is 2.27. The fourth-order valence-electron chi connectivity index (χ4n) is 1.81. The third-order valence-electron chi connectivity index (χ3n) is 2.87. The van der Waals surface area contributed by atoms with Gasteiger partial charge in [-0.3, -0.25) is 4.79 Å². The van der Waals surface area contributed by atoms with Crippen molar-refractivity contribution in [3.8, 4) is 5.75 Å². The number of hydrogen-bond acceptors (Lipinski definition) is 3. The van der Waals surface area contributed by atoms with Crippen molar-refractivity contribution in [3.63, 3.8) is 0 Å². The van der Waals surface area contributed by atoms with E-state index in [1.807, 2.05) is 18.2 Å². The monoisotopic (exact) mass is 383 g/mol. The SMILES string of the molecule is COc1ccc(CSCC(=O)Nc2ccccc2F)cc1Br. The lowest BCUT2D eigenvalue weighted by molar-refractivity contribution is -0.113. The maximum absolute atomic E-state index is 13.4. The number of amides is 1. The number of ether oxygens (including phenoxy) is 1. The first-order valence-electron chi connectivity index (χ1n) is 6.54. The molecule has 0 aromatic heterocycles. The highest BCUT2D eigenvalue weighted by molar-refractivity contribution is 9.10. The van der Waals surface area contributed by atoms with Crippen LogP contribution in [-0.2, 0) is 10.5 Å². The number of para-hydroxylation sites is 1. The van der Waals surface area contributed by atoms with Crippen LogP contribution in [0.1, 0.15) is 5.56 Å². The summed E-state index contributed by atoms with van der Waals surface area (Å²) in [5, 5.41) is 2.56. The summed E-state index contributed by atoms with van der Waals surface area (Å²) >= 11 is 4.89. The van der Waals surface area contributed by atoms with Crippen LogP contribution >= 0.6 is 27.7 Å². The Morgan fingerprint density at radius 2 is 2.09 bits per heavy atom. The van der Waals surface area contributed by atoms with Crippen LogP contribution in [0.3, 0.4) is 0 Å². The number of halogens is 2. The van der Waals surface area contributed by atoms with Crippen molar-refractivity contribution in [2.24, 2.45) is 0 Å². The van der Waals surface area contributed by atoms with Gasteiger partial charge >= 0.3 is 0 Å². The molecule has 116 valence electrons. The van der Waals surface area contributed by atoms with E-state index in [1.165, 1.54) is 17.8 Å². The second-order valence-corrected chi connectivity index (χ2v) is 6.33. The first kappa shape index (κ1) is 16.8. The molecule has 0 aliphatic heterocycles. The second kappa shape index (κ2) is 8.19. The molecule has 0 spiro atoms. The molecule has 2 aromatic carbocycles. The van der Waals surface area contributed by atoms with Gasteiger partial charge in [-0.15, -0.1) is 11.8 Å². The Morgan fingerprint density at radius 3 is 2.77 bits per heavy atom. The van der Waals surface area contributed by atoms with Gasteiger partial charge in [0, 0.05) is 5.75 Å². The maximum atomic E-state index is 13.4. The van der Waals surface area contributed by atoms with Gasteiger partial charge in [0.25, 0.3) is 0 Å². The van der Waals surface area contributed by atoms with Crippen LogP contribution < -0.4 is 10.1 Å². The highest BCUT2D eigenvalue weighted by atomic mass is 79.9. The number of thioether (sulfide) groups is 1. The van der Waals surface area contributed by atoms with E-state index in [0.717, 1.165) is 15.8 Å². The quantitative estimate of drug-likeness (QED) is 0.799. The summed E-state index contributed by atoms with van der Waals surface area (Å²) in [5.41, 5.74) is 1.29. The van der Waals surface area contributed by atoms with Crippen LogP contribution in [0.4, 0.5) is 10.1 Å². The van der Waals surface area contributed by atoms with Gasteiger partial charge in [0.2, 0.25) is 5.91 Å². The fourth-order valence-corrected chi connectivity index (χ4v) is 3.17. The number of nitrogens with one attached hydrogen (secondary N) is 1. The van der Waals surface area contributed by atoms with E-state index in [2.05, 4.69) is 21.2 Å². The van der Waals surface area contributed by atoms with E-state index in [-0.39, 0.29) is 17.3 Å². The summed E-state index contributed by atoms with van der Waals surface area (Å²) in [5.74, 6) is 1.07. The predicted molar refractivity (Wildman–Crippen MR) is 91.9 cm³/mol. The zero-order valence-corrected chi connectivity index (χ0v) is 14.3. The van der Waals surface area contributed by atoms with Gasteiger partial charge in [0.05, 0.1) is 23.0 Å². The molecule has 1 amide bonds. The van der Waals surface area contributed by atoms with Gasteiger partial charge in [0.1, 0.15) is 11.6 Å². The first-order chi connectivity index (χ1) is 10.6. The zero-order chi connectivity index (χ0) is 15.9. The van der Waals surface area contributed by atoms with Crippen molar-refractivity contribution in [3.05, 3.63) is 58.3 Å². The Labute approximate surface area is 141 Å². The van der Waals surface area contributed by atoms with Crippen LogP contribution in [0.25, 0.3) is 0 Å². The molecule has 0 heterocycles. The van der Waals surface area contributed by atoms with Crippen LogP contribution in [0.15, 0.2) is 46.9 Å². The summed E-state index contributed by atoms with van der Waals surface area (Å²) in [7, 11) is 1.61. The Morgan fingerprint density at radius 1 is 1.32 bits per heavy atom. The van der Waals surface area contributed by atoms with E-state index in [9.17, 15) is 9.18 Å². The number of rotatable bonds is 6. The molecule has 0 bridgehead atoms. The Balaban J connectivity index is 1.82. The predicted octanol–water partition coefficient (Wildman–Crippen LogP) is 4.47. The topological polar surface area (TPSA) is 38.3 Å². The minimum absolute atomic E-state index is 0.209. The first-order valence-corrected chi connectivity index (χ1v) is 8.49. The summed E-state index contributed by atoms with van der Waals surface area (Å²) in [6, 6.07) is 11.9. The van der Waals surface area contributed by atoms with Crippen LogP contribution in [0.5, 0.6) is 5.75 Å². The molecule has 1 N–H and O–H groups in total. The number of hydrogen-bond donors (Lipinski definition) is 1. The molecule has 0 saturated heterocycles. The standard InChI is InChI=1S/C16H15BrFNO2S/c1-21-15-7-6-11(8-12(15)17)9-22-10-16(20)19-14-5-3-2-4-13(14)18/h2-8H,9-10H2,1H3,(H,19,20). The summed E-state index contributed by atoms with van der Waals surface area (Å²) in [4.78, 5) is 11.8. The maximum Gasteiger partial charge on any atom is 0.234 e. The van der Waals surface area contributed by atoms with Crippen LogP contribution in [0.2, 0.25) is 0 Å². The summed E-state index contributed by atoms with van der Waals surface area (Å²) in [6.07, 6.45) is 0. The van der Waals surface area contributed by atoms with Crippen LogP contribution in [-0.4, -0.2) is 18.8 Å². The average molecular weight is 384 g/mol. The van der Waals surface area contributed by atoms with Crippen molar-refractivity contribution in [2.75, 3.05) is 18.2 Å². The number of carbonyl (C=O) groups excluding carboxylic acids is 1. The molecule has 0 radical (unpaired) electrons. The van der Waals surface area contributed by atoms with E-state index >= 15 is 0 Å². The molecule has 0 fully saturated rings. The Kier molecular flexibility index (Phi) is 6.27.